The lowest BCUT2D eigenvalue weighted by molar-refractivity contribution is -0.0511. The Hall–Kier alpha value is -3.31. The van der Waals surface area contributed by atoms with E-state index in [4.69, 9.17) is 10.5 Å². The molecule has 0 saturated carbocycles. The number of fused-ring (bicyclic) bond motifs is 2. The molecule has 1 saturated heterocycles. The zero-order valence-electron chi connectivity index (χ0n) is 16.5. The molecule has 1 fully saturated rings. The average Bonchev–Trinajstić information content (AvgIpc) is 3.32. The molecule has 0 bridgehead atoms. The predicted molar refractivity (Wildman–Crippen MR) is 114 cm³/mol. The van der Waals surface area contributed by atoms with E-state index in [-0.39, 0.29) is 5.95 Å². The van der Waals surface area contributed by atoms with Gasteiger partial charge in [-0.3, -0.25) is 4.57 Å². The van der Waals surface area contributed by atoms with Crippen LogP contribution < -0.4 is 11.1 Å². The number of aliphatic hydroxyl groups is 3. The van der Waals surface area contributed by atoms with Gasteiger partial charge < -0.3 is 31.1 Å². The smallest absolute Gasteiger partial charge is 0.224 e. The van der Waals surface area contributed by atoms with Crippen molar-refractivity contribution in [2.24, 2.45) is 0 Å². The maximum Gasteiger partial charge on any atom is 0.224 e. The zero-order valence-corrected chi connectivity index (χ0v) is 16.5. The van der Waals surface area contributed by atoms with Gasteiger partial charge in [-0.1, -0.05) is 42.5 Å². The average molecular weight is 422 g/mol. The van der Waals surface area contributed by atoms with E-state index in [2.05, 4.69) is 38.5 Å². The third-order valence-electron chi connectivity index (χ3n) is 5.56. The molecule has 10 heteroatoms. The van der Waals surface area contributed by atoms with Crippen LogP contribution in [0.4, 0.5) is 11.8 Å². The van der Waals surface area contributed by atoms with E-state index < -0.39 is 31.1 Å². The van der Waals surface area contributed by atoms with E-state index in [1.165, 1.54) is 10.9 Å². The molecule has 2 aromatic heterocycles. The standard InChI is InChI=1S/C21H22N6O4/c22-21-25-18(23-8-12-6-3-5-11-4-1-2-7-13(11)12)15-19(26-21)27(10-24-15)20-17(30)16(29)14(9-28)31-20/h1-7,10,14,16-17,20,28-30H,8-9H2,(H3,22,23,25,26)/t14-,16-,17-,20-/m1/s1. The first kappa shape index (κ1) is 19.6. The van der Waals surface area contributed by atoms with Gasteiger partial charge in [0.15, 0.2) is 23.2 Å². The van der Waals surface area contributed by atoms with Crippen molar-refractivity contribution >= 4 is 33.7 Å². The number of anilines is 2. The first-order valence-corrected chi connectivity index (χ1v) is 9.90. The van der Waals surface area contributed by atoms with Gasteiger partial charge in [0, 0.05) is 6.54 Å². The van der Waals surface area contributed by atoms with Gasteiger partial charge in [-0.25, -0.2) is 4.98 Å². The SMILES string of the molecule is Nc1nc(NCc2cccc3ccccc23)c2ncn([C@@H]3O[C@H](CO)[C@@H](O)[C@H]3O)c2n1. The third-order valence-corrected chi connectivity index (χ3v) is 5.56. The van der Waals surface area contributed by atoms with Crippen LogP contribution >= 0.6 is 0 Å². The summed E-state index contributed by atoms with van der Waals surface area (Å²) in [7, 11) is 0. The molecule has 10 nitrogen and oxygen atoms in total. The first-order valence-electron chi connectivity index (χ1n) is 9.90. The van der Waals surface area contributed by atoms with Crippen molar-refractivity contribution in [3.05, 3.63) is 54.4 Å². The maximum absolute atomic E-state index is 10.4. The molecule has 2 aromatic carbocycles. The lowest BCUT2D eigenvalue weighted by atomic mass is 10.0. The van der Waals surface area contributed by atoms with E-state index in [9.17, 15) is 15.3 Å². The largest absolute Gasteiger partial charge is 0.394 e. The molecule has 31 heavy (non-hydrogen) atoms. The minimum Gasteiger partial charge on any atom is -0.394 e. The minimum atomic E-state index is -1.25. The number of nitrogens with two attached hydrogens (primary N) is 1. The summed E-state index contributed by atoms with van der Waals surface area (Å²) in [6.45, 7) is 0.0734. The maximum atomic E-state index is 10.4. The Kier molecular flexibility index (Phi) is 4.91. The van der Waals surface area contributed by atoms with Gasteiger partial charge in [-0.2, -0.15) is 9.97 Å². The van der Waals surface area contributed by atoms with Crippen LogP contribution in [0.25, 0.3) is 21.9 Å². The monoisotopic (exact) mass is 422 g/mol. The number of nitrogens with zero attached hydrogens (tertiary/aromatic N) is 4. The van der Waals surface area contributed by atoms with Gasteiger partial charge in [-0.05, 0) is 16.3 Å². The fraction of sp³-hybridized carbons (Fsp3) is 0.286. The molecule has 0 amide bonds. The van der Waals surface area contributed by atoms with Crippen LogP contribution in [0.15, 0.2) is 48.8 Å². The molecule has 0 aliphatic carbocycles. The molecule has 0 unspecified atom stereocenters. The van der Waals surface area contributed by atoms with Crippen LogP contribution in [0.3, 0.4) is 0 Å². The molecular weight excluding hydrogens is 400 g/mol. The summed E-state index contributed by atoms with van der Waals surface area (Å²) in [6, 6.07) is 14.2. The van der Waals surface area contributed by atoms with Gasteiger partial charge in [0.05, 0.1) is 12.9 Å². The summed E-state index contributed by atoms with van der Waals surface area (Å²) in [6.07, 6.45) is -2.89. The minimum absolute atomic E-state index is 0.0291. The second-order valence-corrected chi connectivity index (χ2v) is 7.48. The van der Waals surface area contributed by atoms with Crippen LogP contribution in [0.5, 0.6) is 0 Å². The number of hydrogen-bond donors (Lipinski definition) is 5. The van der Waals surface area contributed by atoms with Crippen molar-refractivity contribution < 1.29 is 20.1 Å². The highest BCUT2D eigenvalue weighted by Crippen LogP contribution is 2.32. The highest BCUT2D eigenvalue weighted by atomic mass is 16.6. The molecule has 160 valence electrons. The Bertz CT molecular complexity index is 1240. The summed E-state index contributed by atoms with van der Waals surface area (Å²) < 4.78 is 7.08. The molecule has 4 aromatic rings. The topological polar surface area (TPSA) is 152 Å². The molecule has 1 aliphatic heterocycles. The quantitative estimate of drug-likeness (QED) is 0.314. The van der Waals surface area contributed by atoms with Crippen molar-refractivity contribution in [2.45, 2.75) is 31.1 Å². The Balaban J connectivity index is 1.48. The Morgan fingerprint density at radius 3 is 2.68 bits per heavy atom. The summed E-state index contributed by atoms with van der Waals surface area (Å²) in [5.74, 6) is 0.474. The molecule has 1 aliphatic rings. The number of aliphatic hydroxyl groups excluding tert-OH is 3. The van der Waals surface area contributed by atoms with Crippen molar-refractivity contribution in [3.8, 4) is 0 Å². The number of rotatable bonds is 5. The predicted octanol–water partition coefficient (Wildman–Crippen LogP) is 0.785. The van der Waals surface area contributed by atoms with Crippen LogP contribution in [0.1, 0.15) is 11.8 Å². The van der Waals surface area contributed by atoms with Crippen molar-refractivity contribution in [2.75, 3.05) is 17.7 Å². The fourth-order valence-corrected chi connectivity index (χ4v) is 3.98. The van der Waals surface area contributed by atoms with E-state index in [1.807, 2.05) is 24.3 Å². The molecule has 3 heterocycles. The Morgan fingerprint density at radius 1 is 1.06 bits per heavy atom. The van der Waals surface area contributed by atoms with Gasteiger partial charge in [-0.15, -0.1) is 0 Å². The molecule has 0 spiro atoms. The Labute approximate surface area is 176 Å². The summed E-state index contributed by atoms with van der Waals surface area (Å²) in [5.41, 5.74) is 7.82. The van der Waals surface area contributed by atoms with Crippen LogP contribution in [-0.2, 0) is 11.3 Å². The zero-order chi connectivity index (χ0) is 21.5. The van der Waals surface area contributed by atoms with Gasteiger partial charge in [0.2, 0.25) is 5.95 Å². The fourth-order valence-electron chi connectivity index (χ4n) is 3.98. The summed E-state index contributed by atoms with van der Waals surface area (Å²) >= 11 is 0. The Morgan fingerprint density at radius 2 is 1.87 bits per heavy atom. The van der Waals surface area contributed by atoms with E-state index in [0.29, 0.717) is 23.5 Å². The van der Waals surface area contributed by atoms with Crippen LogP contribution in [0.2, 0.25) is 0 Å². The van der Waals surface area contributed by atoms with E-state index in [0.717, 1.165) is 16.3 Å². The van der Waals surface area contributed by atoms with Gasteiger partial charge in [0.25, 0.3) is 0 Å². The number of nitrogen functional groups attached to an aromatic ring is 1. The van der Waals surface area contributed by atoms with Crippen molar-refractivity contribution in [3.63, 3.8) is 0 Å². The molecule has 4 atom stereocenters. The number of hydrogen-bond acceptors (Lipinski definition) is 9. The highest BCUT2D eigenvalue weighted by Gasteiger charge is 2.44. The molecule has 6 N–H and O–H groups in total. The first-order chi connectivity index (χ1) is 15.1. The van der Waals surface area contributed by atoms with Crippen molar-refractivity contribution in [1.82, 2.24) is 19.5 Å². The van der Waals surface area contributed by atoms with Crippen LogP contribution in [0, 0.1) is 0 Å². The highest BCUT2D eigenvalue weighted by molar-refractivity contribution is 5.87. The van der Waals surface area contributed by atoms with Gasteiger partial charge in [0.1, 0.15) is 18.3 Å². The van der Waals surface area contributed by atoms with Crippen molar-refractivity contribution in [1.29, 1.82) is 0 Å². The summed E-state index contributed by atoms with van der Waals surface area (Å²) in [4.78, 5) is 12.9. The van der Waals surface area contributed by atoms with Gasteiger partial charge >= 0.3 is 0 Å². The number of ether oxygens (including phenoxy) is 1. The number of imidazole rings is 1. The lowest BCUT2D eigenvalue weighted by Gasteiger charge is -2.16. The van der Waals surface area contributed by atoms with E-state index in [1.54, 1.807) is 0 Å². The van der Waals surface area contributed by atoms with Crippen LogP contribution in [-0.4, -0.2) is 59.8 Å². The summed E-state index contributed by atoms with van der Waals surface area (Å²) in [5, 5.41) is 35.3. The van der Waals surface area contributed by atoms with E-state index >= 15 is 0 Å². The second kappa shape index (κ2) is 7.75. The lowest BCUT2D eigenvalue weighted by Crippen LogP contribution is -2.33. The number of benzene rings is 2. The molecule has 5 rings (SSSR count). The second-order valence-electron chi connectivity index (χ2n) is 7.48. The number of nitrogens with one attached hydrogen (secondary N) is 1. The number of aromatic nitrogens is 4. The third kappa shape index (κ3) is 3.35. The molecule has 0 radical (unpaired) electrons. The normalized spacial score (nSPS) is 23.6. The molecular formula is C21H22N6O4.